The lowest BCUT2D eigenvalue weighted by atomic mass is 9.98. The highest BCUT2D eigenvalue weighted by Gasteiger charge is 2.35. The number of aliphatic hydroxyl groups is 1. The van der Waals surface area contributed by atoms with E-state index < -0.39 is 6.10 Å². The van der Waals surface area contributed by atoms with Gasteiger partial charge < -0.3 is 15.7 Å². The molecule has 3 N–H and O–H groups in total. The first-order valence-electron chi connectivity index (χ1n) is 13.2. The predicted molar refractivity (Wildman–Crippen MR) is 146 cm³/mol. The lowest BCUT2D eigenvalue weighted by Crippen LogP contribution is -2.62. The summed E-state index contributed by atoms with van der Waals surface area (Å²) < 4.78 is 0. The van der Waals surface area contributed by atoms with Crippen LogP contribution in [0.1, 0.15) is 52.2 Å². The highest BCUT2D eigenvalue weighted by molar-refractivity contribution is 5.82. The summed E-state index contributed by atoms with van der Waals surface area (Å²) >= 11 is 0. The largest absolute Gasteiger partial charge is 0.392 e. The Bertz CT molecular complexity index is 916. The van der Waals surface area contributed by atoms with Crippen LogP contribution in [0.3, 0.4) is 0 Å². The van der Waals surface area contributed by atoms with Gasteiger partial charge in [0.1, 0.15) is 6.04 Å². The number of benzene rings is 1. The molecule has 0 radical (unpaired) electrons. The first-order valence-corrected chi connectivity index (χ1v) is 13.2. The second kappa shape index (κ2) is 13.3. The predicted octanol–water partition coefficient (Wildman–Crippen LogP) is 2.84. The summed E-state index contributed by atoms with van der Waals surface area (Å²) in [6, 6.07) is 14.6. The van der Waals surface area contributed by atoms with Gasteiger partial charge in [-0.1, -0.05) is 50.2 Å². The second-order valence-corrected chi connectivity index (χ2v) is 11.4. The van der Waals surface area contributed by atoms with E-state index in [9.17, 15) is 9.90 Å². The van der Waals surface area contributed by atoms with Crippen molar-refractivity contribution in [2.24, 2.45) is 0 Å². The van der Waals surface area contributed by atoms with Crippen molar-refractivity contribution in [1.82, 2.24) is 25.4 Å². The van der Waals surface area contributed by atoms with Crippen LogP contribution in [0.25, 0.3) is 0 Å². The van der Waals surface area contributed by atoms with Gasteiger partial charge in [0.25, 0.3) is 0 Å². The van der Waals surface area contributed by atoms with Crippen LogP contribution in [0.15, 0.2) is 54.9 Å². The van der Waals surface area contributed by atoms with E-state index in [1.807, 2.05) is 39.1 Å². The lowest BCUT2D eigenvalue weighted by Gasteiger charge is -2.42. The third-order valence-electron chi connectivity index (χ3n) is 6.40. The Kier molecular flexibility index (Phi) is 10.4. The fourth-order valence-electron chi connectivity index (χ4n) is 4.94. The molecule has 1 aliphatic rings. The molecule has 2 aromatic rings. The van der Waals surface area contributed by atoms with Crippen molar-refractivity contribution >= 4 is 5.91 Å². The van der Waals surface area contributed by atoms with E-state index in [1.165, 1.54) is 5.56 Å². The van der Waals surface area contributed by atoms with Gasteiger partial charge in [0.05, 0.1) is 6.10 Å². The first-order chi connectivity index (χ1) is 17.1. The molecule has 0 unspecified atom stereocenters. The van der Waals surface area contributed by atoms with Crippen LogP contribution in [-0.2, 0) is 17.8 Å². The molecule has 0 aliphatic carbocycles. The Morgan fingerprint density at radius 1 is 1.11 bits per heavy atom. The number of piperazine rings is 1. The Morgan fingerprint density at radius 3 is 2.47 bits per heavy atom. The van der Waals surface area contributed by atoms with Gasteiger partial charge in [-0.3, -0.25) is 19.6 Å². The van der Waals surface area contributed by atoms with Crippen molar-refractivity contribution in [1.29, 1.82) is 0 Å². The molecule has 0 bridgehead atoms. The van der Waals surface area contributed by atoms with Crippen LogP contribution >= 0.6 is 0 Å². The van der Waals surface area contributed by atoms with E-state index >= 15 is 0 Å². The number of carbonyl (C=O) groups is 1. The van der Waals surface area contributed by atoms with Crippen molar-refractivity contribution < 1.29 is 9.90 Å². The molecule has 0 saturated carbocycles. The summed E-state index contributed by atoms with van der Waals surface area (Å²) in [5.41, 5.74) is 2.09. The SMILES string of the molecule is CC(C)N[C@H](Cc1ccccc1)C[C@H](O)CN1CCN(Cc2cccnc2)C[C@H]1C(=O)NC(C)(C)C. The number of carbonyl (C=O) groups excluding carboxylic acids is 1. The molecule has 1 aliphatic heterocycles. The molecule has 7 heteroatoms. The topological polar surface area (TPSA) is 80.7 Å². The van der Waals surface area contributed by atoms with E-state index in [0.717, 1.165) is 31.6 Å². The average Bonchev–Trinajstić information content (AvgIpc) is 2.80. The van der Waals surface area contributed by atoms with E-state index in [-0.39, 0.29) is 23.5 Å². The zero-order chi connectivity index (χ0) is 26.1. The molecule has 198 valence electrons. The number of aromatic nitrogens is 1. The van der Waals surface area contributed by atoms with Crippen molar-refractivity contribution in [2.45, 2.75) is 83.8 Å². The minimum atomic E-state index is -0.528. The van der Waals surface area contributed by atoms with Crippen molar-refractivity contribution in [2.75, 3.05) is 26.2 Å². The number of hydrogen-bond acceptors (Lipinski definition) is 6. The van der Waals surface area contributed by atoms with E-state index in [2.05, 4.69) is 69.6 Å². The van der Waals surface area contributed by atoms with Crippen LogP contribution in [0.4, 0.5) is 0 Å². The van der Waals surface area contributed by atoms with Gasteiger partial charge in [-0.25, -0.2) is 0 Å². The van der Waals surface area contributed by atoms with Crippen molar-refractivity contribution in [3.63, 3.8) is 0 Å². The third kappa shape index (κ3) is 9.62. The third-order valence-corrected chi connectivity index (χ3v) is 6.40. The standard InChI is InChI=1S/C29H45N5O2/c1-22(2)31-25(16-23-10-7-6-8-11-23)17-26(35)20-34-15-14-33(19-24-12-9-13-30-18-24)21-27(34)28(36)32-29(3,4)5/h6-13,18,22,25-27,31,35H,14-17,19-21H2,1-5H3,(H,32,36)/t25-,26+,27+/m1/s1. The number of nitrogens with one attached hydrogen (secondary N) is 2. The number of rotatable bonds is 11. The zero-order valence-corrected chi connectivity index (χ0v) is 22.7. The number of hydrogen-bond donors (Lipinski definition) is 3. The zero-order valence-electron chi connectivity index (χ0n) is 22.7. The van der Waals surface area contributed by atoms with Crippen molar-refractivity contribution in [3.8, 4) is 0 Å². The molecular formula is C29H45N5O2. The summed E-state index contributed by atoms with van der Waals surface area (Å²) in [5.74, 6) is 0.0201. The highest BCUT2D eigenvalue weighted by atomic mass is 16.3. The minimum Gasteiger partial charge on any atom is -0.392 e. The van der Waals surface area contributed by atoms with E-state index in [4.69, 9.17) is 0 Å². The molecule has 1 aromatic heterocycles. The molecule has 1 amide bonds. The molecule has 3 rings (SSSR count). The van der Waals surface area contributed by atoms with Crippen molar-refractivity contribution in [3.05, 3.63) is 66.0 Å². The maximum Gasteiger partial charge on any atom is 0.239 e. The van der Waals surface area contributed by atoms with Gasteiger partial charge in [0, 0.05) is 62.7 Å². The van der Waals surface area contributed by atoms with Gasteiger partial charge in [0.15, 0.2) is 0 Å². The quantitative estimate of drug-likeness (QED) is 0.445. The Labute approximate surface area is 217 Å². The number of β-amino-alcohol motifs (C(OH)–C–C–N with tert-alkyl or cyclic N) is 1. The van der Waals surface area contributed by atoms with Gasteiger partial charge in [0.2, 0.25) is 5.91 Å². The first kappa shape index (κ1) is 28.3. The molecule has 1 fully saturated rings. The fraction of sp³-hybridized carbons (Fsp3) is 0.586. The lowest BCUT2D eigenvalue weighted by molar-refractivity contribution is -0.131. The number of nitrogens with zero attached hydrogens (tertiary/aromatic N) is 3. The molecule has 1 saturated heterocycles. The van der Waals surface area contributed by atoms with Crippen LogP contribution in [0.2, 0.25) is 0 Å². The van der Waals surface area contributed by atoms with E-state index in [0.29, 0.717) is 25.6 Å². The average molecular weight is 496 g/mol. The van der Waals surface area contributed by atoms with Crippen LogP contribution < -0.4 is 10.6 Å². The smallest absolute Gasteiger partial charge is 0.239 e. The van der Waals surface area contributed by atoms with Crippen LogP contribution in [0.5, 0.6) is 0 Å². The minimum absolute atomic E-state index is 0.0201. The summed E-state index contributed by atoms with van der Waals surface area (Å²) in [6.45, 7) is 13.7. The summed E-state index contributed by atoms with van der Waals surface area (Å²) in [5, 5.41) is 17.9. The second-order valence-electron chi connectivity index (χ2n) is 11.4. The Hall–Kier alpha value is -2.32. The molecule has 7 nitrogen and oxygen atoms in total. The maximum absolute atomic E-state index is 13.3. The number of aliphatic hydroxyl groups excluding tert-OH is 1. The maximum atomic E-state index is 13.3. The van der Waals surface area contributed by atoms with Crippen LogP contribution in [0, 0.1) is 0 Å². The summed E-state index contributed by atoms with van der Waals surface area (Å²) in [4.78, 5) is 22.0. The normalized spacial score (nSPS) is 19.2. The summed E-state index contributed by atoms with van der Waals surface area (Å²) in [6.07, 6.45) is 4.63. The Balaban J connectivity index is 1.66. The molecule has 2 heterocycles. The fourth-order valence-corrected chi connectivity index (χ4v) is 4.94. The Morgan fingerprint density at radius 2 is 1.83 bits per heavy atom. The molecule has 3 atom stereocenters. The number of pyridine rings is 1. The monoisotopic (exact) mass is 495 g/mol. The summed E-state index contributed by atoms with van der Waals surface area (Å²) in [7, 11) is 0. The van der Waals surface area contributed by atoms with Gasteiger partial charge in [-0.15, -0.1) is 0 Å². The molecule has 0 spiro atoms. The van der Waals surface area contributed by atoms with Gasteiger partial charge in [-0.05, 0) is 50.8 Å². The molecule has 36 heavy (non-hydrogen) atoms. The molecule has 1 aromatic carbocycles. The highest BCUT2D eigenvalue weighted by Crippen LogP contribution is 2.17. The van der Waals surface area contributed by atoms with E-state index in [1.54, 1.807) is 6.20 Å². The van der Waals surface area contributed by atoms with Gasteiger partial charge in [-0.2, -0.15) is 0 Å². The molecular weight excluding hydrogens is 450 g/mol. The van der Waals surface area contributed by atoms with Crippen LogP contribution in [-0.4, -0.2) is 81.7 Å². The van der Waals surface area contributed by atoms with Gasteiger partial charge >= 0.3 is 0 Å². The number of amides is 1.